The van der Waals surface area contributed by atoms with Gasteiger partial charge in [-0.3, -0.25) is 9.69 Å². The van der Waals surface area contributed by atoms with Crippen molar-refractivity contribution in [2.24, 2.45) is 5.92 Å². The van der Waals surface area contributed by atoms with Crippen molar-refractivity contribution in [1.29, 1.82) is 0 Å². The van der Waals surface area contributed by atoms with E-state index >= 15 is 0 Å². The number of anilines is 2. The number of nitrogens with zero attached hydrogens (tertiary/aromatic N) is 5. The Balaban J connectivity index is 1.08. The van der Waals surface area contributed by atoms with Gasteiger partial charge in [0.1, 0.15) is 12.2 Å². The molecule has 11 nitrogen and oxygen atoms in total. The fraction of sp³-hybridized carbons (Fsp3) is 0.400. The van der Waals surface area contributed by atoms with Crippen molar-refractivity contribution >= 4 is 28.8 Å². The number of fused-ring (bicyclic) bond motifs is 1. The topological polar surface area (TPSA) is 140 Å². The maximum absolute atomic E-state index is 12.8. The molecule has 0 spiro atoms. The average molecular weight is 687 g/mol. The van der Waals surface area contributed by atoms with Crippen LogP contribution in [0.25, 0.3) is 11.2 Å². The Hall–Kier alpha value is -4.84. The Morgan fingerprint density at radius 1 is 0.863 bits per heavy atom. The maximum atomic E-state index is 12.8. The summed E-state index contributed by atoms with van der Waals surface area (Å²) in [5.74, 6) is 1.09. The molecule has 1 amide bonds. The Morgan fingerprint density at radius 3 is 2.22 bits per heavy atom. The van der Waals surface area contributed by atoms with E-state index in [0.717, 1.165) is 45.3 Å². The van der Waals surface area contributed by atoms with Gasteiger partial charge in [0.05, 0.1) is 18.4 Å². The molecule has 2 saturated carbocycles. The van der Waals surface area contributed by atoms with Crippen molar-refractivity contribution in [2.75, 3.05) is 30.3 Å². The summed E-state index contributed by atoms with van der Waals surface area (Å²) >= 11 is 0. The van der Waals surface area contributed by atoms with Crippen molar-refractivity contribution in [3.63, 3.8) is 0 Å². The Morgan fingerprint density at radius 2 is 1.55 bits per heavy atom. The second-order valence-electron chi connectivity index (χ2n) is 14.4. The van der Waals surface area contributed by atoms with E-state index in [1.54, 1.807) is 6.33 Å². The van der Waals surface area contributed by atoms with E-state index in [2.05, 4.69) is 93.6 Å². The third-order valence-corrected chi connectivity index (χ3v) is 11.0. The first-order chi connectivity index (χ1) is 25.0. The summed E-state index contributed by atoms with van der Waals surface area (Å²) in [5.41, 5.74) is 4.81. The highest BCUT2D eigenvalue weighted by molar-refractivity contribution is 5.84. The molecule has 5 N–H and O–H groups in total. The molecular weight excluding hydrogens is 640 g/mol. The molecule has 3 aromatic carbocycles. The molecule has 11 heteroatoms. The zero-order valence-corrected chi connectivity index (χ0v) is 28.7. The molecule has 3 fully saturated rings. The third kappa shape index (κ3) is 7.19. The lowest BCUT2D eigenvalue weighted by atomic mass is 9.84. The van der Waals surface area contributed by atoms with E-state index in [1.807, 2.05) is 22.8 Å². The van der Waals surface area contributed by atoms with Gasteiger partial charge in [-0.25, -0.2) is 4.98 Å². The number of rotatable bonds is 12. The molecule has 3 heterocycles. The smallest absolute Gasteiger partial charge is 0.227 e. The molecule has 1 saturated heterocycles. The maximum Gasteiger partial charge on any atom is 0.227 e. The molecular formula is C40H46N8O3. The van der Waals surface area contributed by atoms with E-state index in [-0.39, 0.29) is 23.8 Å². The number of carbonyl (C=O) groups excluding carboxylic acids is 1. The lowest BCUT2D eigenvalue weighted by Gasteiger charge is -2.27. The van der Waals surface area contributed by atoms with Gasteiger partial charge in [-0.2, -0.15) is 9.97 Å². The minimum Gasteiger partial charge on any atom is -0.388 e. The highest BCUT2D eigenvalue weighted by atomic mass is 16.3. The van der Waals surface area contributed by atoms with Gasteiger partial charge in [0.2, 0.25) is 11.9 Å². The standard InChI is InChI=1S/C40H46N8O3/c49-35-32(44-39(51)29-17-10-18-29)21-33(36(35)50)48-25-42-34-37(41-22-31(27-13-6-2-7-14-27)28-15-8-3-9-16-28)45-40(46-38(34)48)43-30-19-20-47(24-30)23-26-11-4-1-5-12-26/h1-9,11-16,25,29-33,35-36,49-50H,10,17-24H2,(H,44,51)(H2,41,43,45,46)/t30-,32+,33-,35-,36+/m1/s1. The molecule has 264 valence electrons. The summed E-state index contributed by atoms with van der Waals surface area (Å²) in [6.45, 7) is 3.28. The zero-order valence-electron chi connectivity index (χ0n) is 28.7. The second kappa shape index (κ2) is 14.8. The molecule has 8 rings (SSSR count). The number of aliphatic hydroxyl groups excluding tert-OH is 2. The molecule has 1 aliphatic heterocycles. The van der Waals surface area contributed by atoms with Crippen molar-refractivity contribution in [1.82, 2.24) is 29.7 Å². The van der Waals surface area contributed by atoms with Gasteiger partial charge in [-0.1, -0.05) is 97.4 Å². The Bertz CT molecular complexity index is 1880. The zero-order chi connectivity index (χ0) is 34.7. The summed E-state index contributed by atoms with van der Waals surface area (Å²) in [6.07, 6.45) is 3.59. The van der Waals surface area contributed by atoms with E-state index in [1.165, 1.54) is 16.7 Å². The number of imidazole rings is 1. The van der Waals surface area contributed by atoms with Crippen LogP contribution in [0.15, 0.2) is 97.3 Å². The number of likely N-dealkylation sites (tertiary alicyclic amines) is 1. The summed E-state index contributed by atoms with van der Waals surface area (Å²) in [4.78, 5) is 30.0. The normalized spacial score (nSPS) is 23.8. The third-order valence-electron chi connectivity index (χ3n) is 11.0. The van der Waals surface area contributed by atoms with Gasteiger partial charge in [0.25, 0.3) is 0 Å². The number of hydrogen-bond donors (Lipinski definition) is 5. The fourth-order valence-electron chi connectivity index (χ4n) is 7.86. The van der Waals surface area contributed by atoms with Crippen LogP contribution in [0.1, 0.15) is 60.8 Å². The summed E-state index contributed by atoms with van der Waals surface area (Å²) < 4.78 is 1.85. The van der Waals surface area contributed by atoms with Crippen LogP contribution in [0, 0.1) is 5.92 Å². The Kier molecular flexibility index (Phi) is 9.66. The lowest BCUT2D eigenvalue weighted by molar-refractivity contribution is -0.129. The highest BCUT2D eigenvalue weighted by Crippen LogP contribution is 2.36. The van der Waals surface area contributed by atoms with Gasteiger partial charge in [0.15, 0.2) is 17.0 Å². The van der Waals surface area contributed by atoms with Gasteiger partial charge >= 0.3 is 0 Å². The lowest BCUT2D eigenvalue weighted by Crippen LogP contribution is -2.46. The van der Waals surface area contributed by atoms with Crippen molar-refractivity contribution in [2.45, 2.75) is 74.9 Å². The minimum absolute atomic E-state index is 0.00715. The summed E-state index contributed by atoms with van der Waals surface area (Å²) in [5, 5.41) is 32.6. The van der Waals surface area contributed by atoms with Crippen LogP contribution in [0.5, 0.6) is 0 Å². The molecule has 5 atom stereocenters. The van der Waals surface area contributed by atoms with E-state index < -0.39 is 24.3 Å². The van der Waals surface area contributed by atoms with E-state index in [4.69, 9.17) is 15.0 Å². The van der Waals surface area contributed by atoms with Crippen LogP contribution in [0.3, 0.4) is 0 Å². The number of aliphatic hydroxyl groups is 2. The number of amides is 1. The molecule has 2 aromatic heterocycles. The van der Waals surface area contributed by atoms with Crippen molar-refractivity contribution in [3.05, 3.63) is 114 Å². The number of hydrogen-bond acceptors (Lipinski definition) is 9. The fourth-order valence-corrected chi connectivity index (χ4v) is 7.86. The molecule has 5 aromatic rings. The van der Waals surface area contributed by atoms with Gasteiger partial charge < -0.3 is 30.7 Å². The summed E-state index contributed by atoms with van der Waals surface area (Å²) in [6, 6.07) is 30.5. The van der Waals surface area contributed by atoms with Crippen LogP contribution in [0.4, 0.5) is 11.8 Å². The summed E-state index contributed by atoms with van der Waals surface area (Å²) in [7, 11) is 0. The van der Waals surface area contributed by atoms with Gasteiger partial charge in [0, 0.05) is 44.1 Å². The van der Waals surface area contributed by atoms with E-state index in [0.29, 0.717) is 35.9 Å². The number of nitrogens with one attached hydrogen (secondary N) is 3. The molecule has 3 aliphatic rings. The minimum atomic E-state index is -1.10. The second-order valence-corrected chi connectivity index (χ2v) is 14.4. The van der Waals surface area contributed by atoms with Gasteiger partial charge in [-0.05, 0) is 42.4 Å². The number of aromatic nitrogens is 4. The molecule has 0 unspecified atom stereocenters. The molecule has 51 heavy (non-hydrogen) atoms. The van der Waals surface area contributed by atoms with Crippen LogP contribution in [0.2, 0.25) is 0 Å². The number of benzene rings is 3. The predicted molar refractivity (Wildman–Crippen MR) is 197 cm³/mol. The first-order valence-corrected chi connectivity index (χ1v) is 18.3. The average Bonchev–Trinajstić information content (AvgIpc) is 3.83. The quantitative estimate of drug-likeness (QED) is 0.126. The number of carbonyl (C=O) groups is 1. The molecule has 0 radical (unpaired) electrons. The first kappa shape index (κ1) is 33.3. The van der Waals surface area contributed by atoms with Crippen LogP contribution >= 0.6 is 0 Å². The van der Waals surface area contributed by atoms with Crippen molar-refractivity contribution in [3.8, 4) is 0 Å². The van der Waals surface area contributed by atoms with Crippen LogP contribution < -0.4 is 16.0 Å². The van der Waals surface area contributed by atoms with Crippen LogP contribution in [-0.2, 0) is 11.3 Å². The SMILES string of the molecule is O=C(N[C@H]1C[C@@H](n2cnc3c(NCC(c4ccccc4)c4ccccc4)nc(N[C@@H]4CCN(Cc5ccccc5)C4)nc32)[C@H](O)[C@@H]1O)C1CCC1. The van der Waals surface area contributed by atoms with Gasteiger partial charge in [-0.15, -0.1) is 0 Å². The van der Waals surface area contributed by atoms with Crippen LogP contribution in [-0.4, -0.2) is 84.5 Å². The highest BCUT2D eigenvalue weighted by Gasteiger charge is 2.44. The molecule has 2 aliphatic carbocycles. The van der Waals surface area contributed by atoms with E-state index in [9.17, 15) is 15.0 Å². The first-order valence-electron chi connectivity index (χ1n) is 18.3. The Labute approximate surface area is 298 Å². The molecule has 0 bridgehead atoms. The predicted octanol–water partition coefficient (Wildman–Crippen LogP) is 4.71. The van der Waals surface area contributed by atoms with Crippen molar-refractivity contribution < 1.29 is 15.0 Å². The largest absolute Gasteiger partial charge is 0.388 e. The monoisotopic (exact) mass is 686 g/mol.